The molecule has 0 amide bonds. The van der Waals surface area contributed by atoms with E-state index in [1.165, 1.54) is 21.4 Å². The van der Waals surface area contributed by atoms with Gasteiger partial charge < -0.3 is 0 Å². The maximum atomic E-state index is 13.3. The van der Waals surface area contributed by atoms with Gasteiger partial charge in [0.1, 0.15) is 10.7 Å². The number of fused-ring (bicyclic) bond motifs is 1. The van der Waals surface area contributed by atoms with Gasteiger partial charge in [-0.1, -0.05) is 12.1 Å². The Labute approximate surface area is 168 Å². The van der Waals surface area contributed by atoms with Crippen LogP contribution >= 0.6 is 0 Å². The van der Waals surface area contributed by atoms with Gasteiger partial charge in [0.2, 0.25) is 10.0 Å². The number of nitrogens with zero attached hydrogens (tertiary/aromatic N) is 5. The molecule has 152 valence electrons. The molecular weight excluding hydrogens is 390 g/mol. The second kappa shape index (κ2) is 6.77. The van der Waals surface area contributed by atoms with Crippen LogP contribution in [0.4, 0.5) is 0 Å². The third-order valence-corrected chi connectivity index (χ3v) is 7.68. The molecule has 2 fully saturated rings. The second-order valence-corrected chi connectivity index (χ2v) is 9.86. The minimum atomic E-state index is -3.72. The van der Waals surface area contributed by atoms with E-state index in [0.717, 1.165) is 19.3 Å². The molecule has 9 heteroatoms. The van der Waals surface area contributed by atoms with Crippen molar-refractivity contribution in [1.29, 1.82) is 0 Å². The summed E-state index contributed by atoms with van der Waals surface area (Å²) in [5.41, 5.74) is 0.535. The smallest absolute Gasteiger partial charge is 0.261 e. The average Bonchev–Trinajstić information content (AvgIpc) is 3.18. The van der Waals surface area contributed by atoms with Crippen molar-refractivity contribution in [3.8, 4) is 0 Å². The van der Waals surface area contributed by atoms with Crippen molar-refractivity contribution in [3.63, 3.8) is 0 Å². The molecule has 0 spiro atoms. The standard InChI is InChI=1S/C20H23N5O3S/c1-23-13-15(11-21-23)29(27,28)25-10-4-7-18(25)19-22-17-6-3-2-5-16(17)20(26)24(19)12-14-8-9-14/h2-3,5-6,11,13-14,18H,4,7-10,12H2,1H3. The van der Waals surface area contributed by atoms with Crippen LogP contribution in [0.2, 0.25) is 0 Å². The van der Waals surface area contributed by atoms with Crippen molar-refractivity contribution in [2.45, 2.75) is 43.2 Å². The van der Waals surface area contributed by atoms with Crippen molar-refractivity contribution >= 4 is 20.9 Å². The van der Waals surface area contributed by atoms with Gasteiger partial charge in [-0.25, -0.2) is 13.4 Å². The molecular formula is C20H23N5O3S. The van der Waals surface area contributed by atoms with Gasteiger partial charge in [0.05, 0.1) is 23.1 Å². The Balaban J connectivity index is 1.64. The van der Waals surface area contributed by atoms with Crippen LogP contribution in [0, 0.1) is 5.92 Å². The molecule has 2 aromatic heterocycles. The van der Waals surface area contributed by atoms with Crippen LogP contribution < -0.4 is 5.56 Å². The van der Waals surface area contributed by atoms with Crippen LogP contribution in [0.25, 0.3) is 10.9 Å². The van der Waals surface area contributed by atoms with Gasteiger partial charge >= 0.3 is 0 Å². The van der Waals surface area contributed by atoms with Gasteiger partial charge in [-0.2, -0.15) is 9.40 Å². The first-order valence-electron chi connectivity index (χ1n) is 9.95. The van der Waals surface area contributed by atoms with Crippen LogP contribution in [0.3, 0.4) is 0 Å². The molecule has 0 N–H and O–H groups in total. The first-order valence-corrected chi connectivity index (χ1v) is 11.4. The molecule has 0 bridgehead atoms. The zero-order valence-corrected chi connectivity index (χ0v) is 17.0. The number of aromatic nitrogens is 4. The van der Waals surface area contributed by atoms with Crippen molar-refractivity contribution in [2.75, 3.05) is 6.54 Å². The Kier molecular flexibility index (Phi) is 4.32. The molecule has 1 unspecified atom stereocenters. The Morgan fingerprint density at radius 3 is 2.69 bits per heavy atom. The van der Waals surface area contributed by atoms with Gasteiger partial charge in [0, 0.05) is 26.3 Å². The van der Waals surface area contributed by atoms with Gasteiger partial charge in [-0.3, -0.25) is 14.0 Å². The summed E-state index contributed by atoms with van der Waals surface area (Å²) in [5.74, 6) is 1.03. The zero-order valence-electron chi connectivity index (χ0n) is 16.2. The summed E-state index contributed by atoms with van der Waals surface area (Å²) in [6, 6.07) is 6.84. The first kappa shape index (κ1) is 18.5. The fraction of sp³-hybridized carbons (Fsp3) is 0.450. The normalized spacial score (nSPS) is 20.5. The van der Waals surface area contributed by atoms with Crippen LogP contribution in [0.1, 0.15) is 37.5 Å². The predicted molar refractivity (Wildman–Crippen MR) is 108 cm³/mol. The lowest BCUT2D eigenvalue weighted by atomic mass is 10.1. The molecule has 8 nitrogen and oxygen atoms in total. The van der Waals surface area contributed by atoms with E-state index < -0.39 is 16.1 Å². The molecule has 1 aromatic carbocycles. The van der Waals surface area contributed by atoms with Gasteiger partial charge in [-0.15, -0.1) is 0 Å². The molecule has 3 heterocycles. The summed E-state index contributed by atoms with van der Waals surface area (Å²) in [7, 11) is -2.02. The van der Waals surface area contributed by atoms with Crippen LogP contribution in [-0.2, 0) is 23.6 Å². The largest absolute Gasteiger partial charge is 0.294 e. The summed E-state index contributed by atoms with van der Waals surface area (Å²) in [5, 5.41) is 4.59. The van der Waals surface area contributed by atoms with Crippen molar-refractivity contribution < 1.29 is 8.42 Å². The highest BCUT2D eigenvalue weighted by Gasteiger charge is 2.40. The lowest BCUT2D eigenvalue weighted by molar-refractivity contribution is 0.365. The second-order valence-electron chi connectivity index (χ2n) is 7.97. The highest BCUT2D eigenvalue weighted by Crippen LogP contribution is 2.37. The molecule has 1 saturated heterocycles. The monoisotopic (exact) mass is 413 g/mol. The minimum absolute atomic E-state index is 0.0804. The summed E-state index contributed by atoms with van der Waals surface area (Å²) >= 11 is 0. The SMILES string of the molecule is Cn1cc(S(=O)(=O)N2CCCC2c2nc3ccccc3c(=O)n2CC2CC2)cn1. The molecule has 1 atom stereocenters. The van der Waals surface area contributed by atoms with Crippen molar-refractivity contribution in [1.82, 2.24) is 23.6 Å². The molecule has 2 aliphatic rings. The fourth-order valence-corrected chi connectivity index (χ4v) is 5.77. The lowest BCUT2D eigenvalue weighted by Crippen LogP contribution is -2.35. The van der Waals surface area contributed by atoms with E-state index in [4.69, 9.17) is 4.98 Å². The summed E-state index contributed by atoms with van der Waals surface area (Å²) in [6.07, 6.45) is 6.46. The number of para-hydroxylation sites is 1. The Morgan fingerprint density at radius 1 is 1.17 bits per heavy atom. The summed E-state index contributed by atoms with van der Waals surface area (Å²) in [4.78, 5) is 18.2. The van der Waals surface area contributed by atoms with Crippen LogP contribution in [0.15, 0.2) is 46.3 Å². The van der Waals surface area contributed by atoms with E-state index in [-0.39, 0.29) is 10.5 Å². The van der Waals surface area contributed by atoms with Gasteiger partial charge in [-0.05, 0) is 43.7 Å². The molecule has 1 saturated carbocycles. The Bertz CT molecular complexity index is 1240. The maximum Gasteiger partial charge on any atom is 0.261 e. The zero-order chi connectivity index (χ0) is 20.2. The predicted octanol–water partition coefficient (Wildman–Crippen LogP) is 2.07. The molecule has 29 heavy (non-hydrogen) atoms. The molecule has 1 aliphatic carbocycles. The molecule has 0 radical (unpaired) electrons. The highest BCUT2D eigenvalue weighted by atomic mass is 32.2. The highest BCUT2D eigenvalue weighted by molar-refractivity contribution is 7.89. The summed E-state index contributed by atoms with van der Waals surface area (Å²) in [6.45, 7) is 1.01. The Hall–Kier alpha value is -2.52. The average molecular weight is 414 g/mol. The quantitative estimate of drug-likeness (QED) is 0.639. The third-order valence-electron chi connectivity index (χ3n) is 5.82. The number of sulfonamides is 1. The Morgan fingerprint density at radius 2 is 1.97 bits per heavy atom. The topological polar surface area (TPSA) is 90.1 Å². The fourth-order valence-electron chi connectivity index (χ4n) is 4.13. The number of benzene rings is 1. The molecule has 1 aliphatic heterocycles. The van der Waals surface area contributed by atoms with Crippen molar-refractivity contribution in [2.24, 2.45) is 13.0 Å². The van der Waals surface area contributed by atoms with E-state index in [1.807, 2.05) is 18.2 Å². The van der Waals surface area contributed by atoms with E-state index in [9.17, 15) is 13.2 Å². The maximum absolute atomic E-state index is 13.3. The first-order chi connectivity index (χ1) is 13.9. The molecule has 3 aromatic rings. The number of rotatable bonds is 5. The summed E-state index contributed by atoms with van der Waals surface area (Å²) < 4.78 is 31.3. The van der Waals surface area contributed by atoms with Gasteiger partial charge in [0.25, 0.3) is 5.56 Å². The lowest BCUT2D eigenvalue weighted by Gasteiger charge is -2.25. The number of hydrogen-bond donors (Lipinski definition) is 0. The van der Waals surface area contributed by atoms with Gasteiger partial charge in [0.15, 0.2) is 0 Å². The number of hydrogen-bond acceptors (Lipinski definition) is 5. The minimum Gasteiger partial charge on any atom is -0.294 e. The van der Waals surface area contributed by atoms with E-state index >= 15 is 0 Å². The van der Waals surface area contributed by atoms with Crippen molar-refractivity contribution in [3.05, 3.63) is 52.8 Å². The van der Waals surface area contributed by atoms with E-state index in [0.29, 0.717) is 42.2 Å². The van der Waals surface area contributed by atoms with E-state index in [1.54, 1.807) is 17.7 Å². The number of aryl methyl sites for hydroxylation is 1. The third kappa shape index (κ3) is 3.18. The van der Waals surface area contributed by atoms with Crippen LogP contribution in [-0.4, -0.2) is 38.6 Å². The molecule has 5 rings (SSSR count). The van der Waals surface area contributed by atoms with Crippen LogP contribution in [0.5, 0.6) is 0 Å². The van der Waals surface area contributed by atoms with E-state index in [2.05, 4.69) is 5.10 Å².